The van der Waals surface area contributed by atoms with Gasteiger partial charge in [0, 0.05) is 29.6 Å². The molecule has 5 rings (SSSR count). The average Bonchev–Trinajstić information content (AvgIpc) is 3.36. The number of H-pyrrole nitrogens is 1. The Morgan fingerprint density at radius 3 is 2.71 bits per heavy atom. The van der Waals surface area contributed by atoms with E-state index in [4.69, 9.17) is 0 Å². The molecule has 0 atom stereocenters. The number of hydrogen-bond donors (Lipinski definition) is 1. The largest absolute Gasteiger partial charge is 0.350 e. The Morgan fingerprint density at radius 1 is 1.14 bits per heavy atom. The van der Waals surface area contributed by atoms with Gasteiger partial charge in [-0.25, -0.2) is 4.39 Å². The van der Waals surface area contributed by atoms with Crippen molar-refractivity contribution < 1.29 is 9.18 Å². The van der Waals surface area contributed by atoms with Gasteiger partial charge in [0.05, 0.1) is 12.2 Å². The second-order valence-electron chi connectivity index (χ2n) is 7.68. The van der Waals surface area contributed by atoms with Crippen LogP contribution in [0.2, 0.25) is 0 Å². The van der Waals surface area contributed by atoms with Crippen molar-refractivity contribution in [2.24, 2.45) is 16.1 Å². The molecule has 28 heavy (non-hydrogen) atoms. The maximum absolute atomic E-state index is 13.1. The molecule has 1 saturated heterocycles. The van der Waals surface area contributed by atoms with E-state index in [1.807, 2.05) is 35.2 Å². The zero-order chi connectivity index (χ0) is 19.1. The first-order valence-electron chi connectivity index (χ1n) is 9.73. The first-order chi connectivity index (χ1) is 13.7. The number of benzene rings is 2. The van der Waals surface area contributed by atoms with Crippen LogP contribution in [-0.2, 0) is 13.0 Å². The fraction of sp³-hybridized carbons (Fsp3) is 0.318. The van der Waals surface area contributed by atoms with E-state index < -0.39 is 0 Å². The molecule has 2 aliphatic rings. The van der Waals surface area contributed by atoms with Crippen LogP contribution in [0, 0.1) is 11.7 Å². The van der Waals surface area contributed by atoms with Crippen molar-refractivity contribution in [3.63, 3.8) is 0 Å². The third-order valence-corrected chi connectivity index (χ3v) is 5.84. The monoisotopic (exact) mass is 376 g/mol. The fourth-order valence-corrected chi connectivity index (χ4v) is 4.24. The van der Waals surface area contributed by atoms with Crippen molar-refractivity contribution in [1.82, 2.24) is 9.88 Å². The summed E-state index contributed by atoms with van der Waals surface area (Å²) in [5, 5.41) is 9.28. The third-order valence-electron chi connectivity index (χ3n) is 5.84. The Labute approximate surface area is 162 Å². The number of piperidine rings is 1. The molecule has 0 radical (unpaired) electrons. The molecule has 1 amide bonds. The number of carbonyl (C=O) groups is 1. The molecular weight excluding hydrogens is 355 g/mol. The lowest BCUT2D eigenvalue weighted by Crippen LogP contribution is -2.39. The number of likely N-dealkylation sites (tertiary alicyclic amines) is 1. The van der Waals surface area contributed by atoms with E-state index in [2.05, 4.69) is 15.2 Å². The van der Waals surface area contributed by atoms with Crippen molar-refractivity contribution in [1.29, 1.82) is 0 Å². The smallest absolute Gasteiger partial charge is 0.270 e. The number of azo groups is 1. The fourth-order valence-electron chi connectivity index (χ4n) is 4.24. The molecule has 142 valence electrons. The molecule has 0 aliphatic carbocycles. The van der Waals surface area contributed by atoms with E-state index in [-0.39, 0.29) is 11.7 Å². The predicted octanol–water partition coefficient (Wildman–Crippen LogP) is 5.00. The van der Waals surface area contributed by atoms with Gasteiger partial charge in [0.1, 0.15) is 11.5 Å². The molecule has 0 bridgehead atoms. The lowest BCUT2D eigenvalue weighted by Gasteiger charge is -2.31. The van der Waals surface area contributed by atoms with Gasteiger partial charge in [0.25, 0.3) is 5.91 Å². The van der Waals surface area contributed by atoms with Crippen molar-refractivity contribution in [2.75, 3.05) is 13.1 Å². The highest BCUT2D eigenvalue weighted by Gasteiger charge is 2.25. The Balaban J connectivity index is 1.26. The van der Waals surface area contributed by atoms with Gasteiger partial charge >= 0.3 is 0 Å². The summed E-state index contributed by atoms with van der Waals surface area (Å²) >= 11 is 0. The summed E-state index contributed by atoms with van der Waals surface area (Å²) in [5.41, 5.74) is 4.68. The summed E-state index contributed by atoms with van der Waals surface area (Å²) < 4.78 is 13.1. The number of fused-ring (bicyclic) bond motifs is 3. The van der Waals surface area contributed by atoms with Gasteiger partial charge in [-0.3, -0.25) is 4.79 Å². The van der Waals surface area contributed by atoms with Crippen LogP contribution in [0.4, 0.5) is 10.1 Å². The highest BCUT2D eigenvalue weighted by molar-refractivity contribution is 6.02. The summed E-state index contributed by atoms with van der Waals surface area (Å²) in [4.78, 5) is 18.1. The van der Waals surface area contributed by atoms with Crippen LogP contribution < -0.4 is 0 Å². The zero-order valence-electron chi connectivity index (χ0n) is 15.5. The molecule has 5 nitrogen and oxygen atoms in total. The van der Waals surface area contributed by atoms with Crippen LogP contribution in [0.1, 0.15) is 34.5 Å². The Bertz CT molecular complexity index is 1060. The second-order valence-corrected chi connectivity index (χ2v) is 7.68. The van der Waals surface area contributed by atoms with E-state index in [0.717, 1.165) is 60.1 Å². The van der Waals surface area contributed by atoms with Crippen LogP contribution in [0.15, 0.2) is 52.7 Å². The molecule has 1 N–H and O–H groups in total. The van der Waals surface area contributed by atoms with Gasteiger partial charge in [0.15, 0.2) is 0 Å². The van der Waals surface area contributed by atoms with E-state index in [1.54, 1.807) is 0 Å². The van der Waals surface area contributed by atoms with Crippen LogP contribution in [0.25, 0.3) is 10.9 Å². The standard InChI is InChI=1S/C22H21FN4O/c23-17-4-1-14(2-5-17)11-15-7-9-27(10-8-15)22(28)20-12-18-19(25-20)6-3-16-13-24-26-21(16)18/h1-6,12,15,25H,7-11,13H2. The summed E-state index contributed by atoms with van der Waals surface area (Å²) in [6.45, 7) is 2.11. The van der Waals surface area contributed by atoms with Gasteiger partial charge in [-0.1, -0.05) is 18.2 Å². The molecule has 1 aromatic heterocycles. The molecule has 3 aromatic rings. The Kier molecular flexibility index (Phi) is 4.19. The van der Waals surface area contributed by atoms with E-state index >= 15 is 0 Å². The number of carbonyl (C=O) groups excluding carboxylic acids is 1. The van der Waals surface area contributed by atoms with Gasteiger partial charge in [0.2, 0.25) is 0 Å². The maximum atomic E-state index is 13.1. The number of aromatic amines is 1. The average molecular weight is 376 g/mol. The molecule has 2 aromatic carbocycles. The van der Waals surface area contributed by atoms with Gasteiger partial charge in [-0.15, -0.1) is 0 Å². The first kappa shape index (κ1) is 17.1. The zero-order valence-corrected chi connectivity index (χ0v) is 15.5. The second kappa shape index (κ2) is 6.86. The third kappa shape index (κ3) is 3.09. The number of aromatic nitrogens is 1. The van der Waals surface area contributed by atoms with Crippen molar-refractivity contribution in [3.8, 4) is 0 Å². The SMILES string of the molecule is O=C(c1cc2c3c(ccc2[nH]1)CN=N3)N1CCC(Cc2ccc(F)cc2)CC1. The van der Waals surface area contributed by atoms with Crippen molar-refractivity contribution in [3.05, 3.63) is 65.1 Å². The molecule has 2 aliphatic heterocycles. The van der Waals surface area contributed by atoms with Crippen LogP contribution >= 0.6 is 0 Å². The molecule has 0 spiro atoms. The van der Waals surface area contributed by atoms with Crippen LogP contribution in [0.3, 0.4) is 0 Å². The minimum Gasteiger partial charge on any atom is -0.350 e. The van der Waals surface area contributed by atoms with E-state index in [9.17, 15) is 9.18 Å². The minimum absolute atomic E-state index is 0.0418. The number of halogens is 1. The Hall–Kier alpha value is -3.02. The number of hydrogen-bond acceptors (Lipinski definition) is 3. The van der Waals surface area contributed by atoms with Crippen LogP contribution in [-0.4, -0.2) is 28.9 Å². The maximum Gasteiger partial charge on any atom is 0.270 e. The molecular formula is C22H21FN4O. The lowest BCUT2D eigenvalue weighted by atomic mass is 9.90. The summed E-state index contributed by atoms with van der Waals surface area (Å²) in [6.07, 6.45) is 2.87. The number of nitrogens with zero attached hydrogens (tertiary/aromatic N) is 3. The van der Waals surface area contributed by atoms with E-state index in [1.165, 1.54) is 12.1 Å². The number of amides is 1. The molecule has 0 saturated carbocycles. The van der Waals surface area contributed by atoms with Gasteiger partial charge < -0.3 is 9.88 Å². The molecule has 1 fully saturated rings. The normalized spacial score (nSPS) is 16.7. The summed E-state index contributed by atoms with van der Waals surface area (Å²) in [7, 11) is 0. The highest BCUT2D eigenvalue weighted by atomic mass is 19.1. The molecule has 0 unspecified atom stereocenters. The van der Waals surface area contributed by atoms with Crippen molar-refractivity contribution >= 4 is 22.5 Å². The predicted molar refractivity (Wildman–Crippen MR) is 105 cm³/mol. The highest BCUT2D eigenvalue weighted by Crippen LogP contribution is 2.35. The number of rotatable bonds is 3. The van der Waals surface area contributed by atoms with Gasteiger partial charge in [-0.2, -0.15) is 10.2 Å². The Morgan fingerprint density at radius 2 is 1.93 bits per heavy atom. The van der Waals surface area contributed by atoms with E-state index in [0.29, 0.717) is 18.2 Å². The van der Waals surface area contributed by atoms with Crippen LogP contribution in [0.5, 0.6) is 0 Å². The molecule has 3 heterocycles. The lowest BCUT2D eigenvalue weighted by molar-refractivity contribution is 0.0685. The summed E-state index contributed by atoms with van der Waals surface area (Å²) in [5.74, 6) is 0.371. The molecule has 6 heteroatoms. The first-order valence-corrected chi connectivity index (χ1v) is 9.73. The minimum atomic E-state index is -0.199. The number of nitrogens with one attached hydrogen (secondary N) is 1. The summed E-state index contributed by atoms with van der Waals surface area (Å²) in [6, 6.07) is 12.7. The quantitative estimate of drug-likeness (QED) is 0.687. The van der Waals surface area contributed by atoms with Gasteiger partial charge in [-0.05, 0) is 55.0 Å². The topological polar surface area (TPSA) is 60.8 Å². The van der Waals surface area contributed by atoms with Crippen molar-refractivity contribution in [2.45, 2.75) is 25.8 Å².